The van der Waals surface area contributed by atoms with Crippen molar-refractivity contribution in [2.45, 2.75) is 76.1 Å². The highest BCUT2D eigenvalue weighted by Crippen LogP contribution is 2.79. The number of nitrogens with zero attached hydrogens (tertiary/aromatic N) is 3. The molecule has 4 heterocycles. The van der Waals surface area contributed by atoms with E-state index in [1.165, 1.54) is 0 Å². The van der Waals surface area contributed by atoms with E-state index in [1.54, 1.807) is 0 Å². The van der Waals surface area contributed by atoms with Crippen molar-refractivity contribution in [1.29, 1.82) is 0 Å². The van der Waals surface area contributed by atoms with Crippen molar-refractivity contribution in [3.63, 3.8) is 0 Å². The van der Waals surface area contributed by atoms with Gasteiger partial charge in [0.05, 0.1) is 39.6 Å². The molecule has 0 bridgehead atoms. The van der Waals surface area contributed by atoms with Gasteiger partial charge in [0, 0.05) is 19.8 Å². The Bertz CT molecular complexity index is 2580. The molecule has 3 atom stereocenters. The van der Waals surface area contributed by atoms with E-state index in [2.05, 4.69) is 18.2 Å². The number of para-hydroxylation sites is 6. The SMILES string of the molecule is c1ccc(OP2(Oc3ccccc3CCCCOCC3CO3)=NP(Oc3ccccc3)(Oc3ccccc3CCCCOCC3CO3)=NP(Oc3ccccc3)(Oc3ccccc3CCCCOCC3CO3)=N2)cc1. The van der Waals surface area contributed by atoms with E-state index in [-0.39, 0.29) is 18.3 Å². The summed E-state index contributed by atoms with van der Waals surface area (Å²) in [7, 11) is -12.4. The molecule has 0 radical (unpaired) electrons. The third kappa shape index (κ3) is 16.5. The Kier molecular flexibility index (Phi) is 18.8. The number of aryl methyl sites for hydroxylation is 3. The third-order valence-corrected chi connectivity index (χ3v) is 20.3. The third-order valence-electron chi connectivity index (χ3n) is 12.2. The summed E-state index contributed by atoms with van der Waals surface area (Å²) in [6.07, 6.45) is 7.75. The molecule has 4 aliphatic rings. The van der Waals surface area contributed by atoms with Crippen molar-refractivity contribution in [3.8, 4) is 34.5 Å². The van der Waals surface area contributed by atoms with Crippen LogP contribution in [0.3, 0.4) is 0 Å². The maximum absolute atomic E-state index is 7.40. The van der Waals surface area contributed by atoms with Crippen LogP contribution in [0.2, 0.25) is 0 Å². The molecule has 0 N–H and O–H groups in total. The van der Waals surface area contributed by atoms with Crippen LogP contribution in [0.1, 0.15) is 55.2 Å². The predicted molar refractivity (Wildman–Crippen MR) is 291 cm³/mol. The molecule has 0 aromatic heterocycles. The van der Waals surface area contributed by atoms with Gasteiger partial charge in [-0.05, 0) is 129 Å². The highest BCUT2D eigenvalue weighted by atomic mass is 31.3. The van der Waals surface area contributed by atoms with E-state index in [1.807, 2.05) is 146 Å². The monoisotopic (exact) mass is 1080 g/mol. The van der Waals surface area contributed by atoms with Crippen LogP contribution in [0, 0.1) is 0 Å². The average Bonchev–Trinajstić information content (AvgIpc) is 4.27. The molecular formula is C57H66N3O12P3. The Hall–Kier alpha value is -5.43. The Morgan fingerprint density at radius 3 is 0.880 bits per heavy atom. The second-order valence-corrected chi connectivity index (χ2v) is 24.7. The second kappa shape index (κ2) is 26.6. The molecule has 3 saturated heterocycles. The summed E-state index contributed by atoms with van der Waals surface area (Å²) >= 11 is 0. The maximum atomic E-state index is 7.40. The normalized spacial score (nSPS) is 23.1. The summed E-state index contributed by atoms with van der Waals surface area (Å²) in [5.74, 6) is 2.97. The van der Waals surface area contributed by atoms with Crippen LogP contribution in [-0.2, 0) is 47.7 Å². The first-order valence-corrected chi connectivity index (χ1v) is 30.6. The lowest BCUT2D eigenvalue weighted by molar-refractivity contribution is 0.113. The molecule has 0 saturated carbocycles. The molecule has 3 fully saturated rings. The Labute approximate surface area is 440 Å². The molecule has 0 spiro atoms. The lowest BCUT2D eigenvalue weighted by Crippen LogP contribution is -2.12. The van der Waals surface area contributed by atoms with Gasteiger partial charge >= 0.3 is 23.0 Å². The van der Waals surface area contributed by atoms with Crippen molar-refractivity contribution in [1.82, 2.24) is 0 Å². The molecule has 0 aliphatic carbocycles. The Balaban J connectivity index is 1.11. The molecule has 15 nitrogen and oxygen atoms in total. The van der Waals surface area contributed by atoms with Crippen LogP contribution >= 0.6 is 23.0 Å². The molecule has 4 aliphatic heterocycles. The fourth-order valence-corrected chi connectivity index (χ4v) is 17.3. The first kappa shape index (κ1) is 53.0. The standard InChI is InChI=1S/C57H66N3O12P3/c1-4-28-49(29-5-1)67-73(70-55-34-13-10-22-46(55)25-16-19-37-61-40-52-43-64-52)58-74(68-50-30-6-2-7-31-50,71-56-35-14-11-23-47(56)26-17-20-38-62-41-53-44-65-53)60-75(59-73,69-51-32-8-3-9-33-51)72-57-36-15-12-24-48(57)27-18-21-39-63-42-54-45-66-54/h1-15,22-24,28-36,52-54H,16-21,25-27,37-45H2. The highest BCUT2D eigenvalue weighted by molar-refractivity contribution is 7.79. The van der Waals surface area contributed by atoms with Crippen LogP contribution in [0.25, 0.3) is 0 Å². The van der Waals surface area contributed by atoms with Crippen molar-refractivity contribution < 1.29 is 55.6 Å². The van der Waals surface area contributed by atoms with Gasteiger partial charge in [-0.25, -0.2) is 0 Å². The largest absolute Gasteiger partial charge is 0.460 e. The lowest BCUT2D eigenvalue weighted by atomic mass is 10.1. The smallest absolute Gasteiger partial charge is 0.413 e. The summed E-state index contributed by atoms with van der Waals surface area (Å²) in [6.45, 7) is 6.00. The van der Waals surface area contributed by atoms with Crippen molar-refractivity contribution in [2.75, 3.05) is 59.5 Å². The zero-order chi connectivity index (χ0) is 50.9. The van der Waals surface area contributed by atoms with Crippen molar-refractivity contribution in [3.05, 3.63) is 180 Å². The first-order chi connectivity index (χ1) is 37.0. The molecule has 75 heavy (non-hydrogen) atoms. The fraction of sp³-hybridized carbons (Fsp3) is 0.368. The first-order valence-electron chi connectivity index (χ1n) is 26.0. The van der Waals surface area contributed by atoms with Gasteiger partial charge in [0.2, 0.25) is 0 Å². The average molecular weight is 1080 g/mol. The van der Waals surface area contributed by atoms with E-state index < -0.39 is 23.0 Å². The van der Waals surface area contributed by atoms with E-state index in [4.69, 9.17) is 69.1 Å². The van der Waals surface area contributed by atoms with Crippen LogP contribution < -0.4 is 27.1 Å². The number of epoxide rings is 3. The number of unbranched alkanes of at least 4 members (excludes halogenated alkanes) is 3. The fourth-order valence-electron chi connectivity index (χ4n) is 8.09. The van der Waals surface area contributed by atoms with Gasteiger partial charge in [0.25, 0.3) is 0 Å². The van der Waals surface area contributed by atoms with Crippen molar-refractivity contribution in [2.24, 2.45) is 13.5 Å². The van der Waals surface area contributed by atoms with Crippen LogP contribution in [0.15, 0.2) is 177 Å². The number of ether oxygens (including phenoxy) is 6. The van der Waals surface area contributed by atoms with Gasteiger partial charge in [-0.3, -0.25) is 0 Å². The topological polar surface area (TPSA) is 158 Å². The Morgan fingerprint density at radius 2 is 0.600 bits per heavy atom. The summed E-state index contributed by atoms with van der Waals surface area (Å²) in [6, 6.07) is 52.0. The van der Waals surface area contributed by atoms with E-state index in [9.17, 15) is 0 Å². The van der Waals surface area contributed by atoms with Gasteiger partial charge < -0.3 is 55.6 Å². The number of hydrogen-bond donors (Lipinski definition) is 0. The molecule has 6 aromatic rings. The second-order valence-electron chi connectivity index (χ2n) is 18.5. The van der Waals surface area contributed by atoms with Gasteiger partial charge in [-0.1, -0.05) is 123 Å². The zero-order valence-corrected chi connectivity index (χ0v) is 44.8. The minimum atomic E-state index is -4.15. The van der Waals surface area contributed by atoms with E-state index in [0.717, 1.165) is 75.0 Å². The minimum Gasteiger partial charge on any atom is -0.413 e. The Morgan fingerprint density at radius 1 is 0.333 bits per heavy atom. The molecule has 3 unspecified atom stereocenters. The van der Waals surface area contributed by atoms with Gasteiger partial charge in [0.15, 0.2) is 0 Å². The lowest BCUT2D eigenvalue weighted by Gasteiger charge is -2.34. The number of benzene rings is 6. The minimum absolute atomic E-state index is 0.213. The molecule has 0 amide bonds. The molecule has 10 rings (SSSR count). The summed E-state index contributed by atoms with van der Waals surface area (Å²) < 4.78 is 94.3. The summed E-state index contributed by atoms with van der Waals surface area (Å²) in [5.41, 5.74) is 2.81. The molecule has 18 heteroatoms. The van der Waals surface area contributed by atoms with Gasteiger partial charge in [-0.15, -0.1) is 0 Å². The molecule has 6 aromatic carbocycles. The van der Waals surface area contributed by atoms with Crippen molar-refractivity contribution >= 4 is 23.0 Å². The number of hydrogen-bond acceptors (Lipinski definition) is 15. The van der Waals surface area contributed by atoms with Gasteiger partial charge in [0.1, 0.15) is 52.8 Å². The quantitative estimate of drug-likeness (QED) is 0.0218. The van der Waals surface area contributed by atoms with Crippen LogP contribution in [-0.4, -0.2) is 77.8 Å². The van der Waals surface area contributed by atoms with Crippen LogP contribution in [0.5, 0.6) is 34.5 Å². The molecule has 396 valence electrons. The molecular weight excluding hydrogens is 1010 g/mol. The highest BCUT2D eigenvalue weighted by Gasteiger charge is 2.49. The summed E-state index contributed by atoms with van der Waals surface area (Å²) in [4.78, 5) is 0. The number of rotatable bonds is 33. The zero-order valence-electron chi connectivity index (χ0n) is 42.1. The van der Waals surface area contributed by atoms with E-state index in [0.29, 0.717) is 93.4 Å². The van der Waals surface area contributed by atoms with Crippen LogP contribution in [0.4, 0.5) is 0 Å². The predicted octanol–water partition coefficient (Wildman–Crippen LogP) is 14.5. The summed E-state index contributed by atoms with van der Waals surface area (Å²) in [5, 5.41) is 0. The maximum Gasteiger partial charge on any atom is 0.460 e. The van der Waals surface area contributed by atoms with Gasteiger partial charge in [-0.2, -0.15) is 0 Å². The van der Waals surface area contributed by atoms with E-state index >= 15 is 0 Å².